The van der Waals surface area contributed by atoms with Crippen LogP contribution in [0.3, 0.4) is 0 Å². The summed E-state index contributed by atoms with van der Waals surface area (Å²) in [6, 6.07) is 13.0. The van der Waals surface area contributed by atoms with E-state index in [0.717, 1.165) is 10.7 Å². The van der Waals surface area contributed by atoms with Crippen LogP contribution in [0.5, 0.6) is 5.75 Å². The van der Waals surface area contributed by atoms with E-state index in [4.69, 9.17) is 4.74 Å². The first-order valence-corrected chi connectivity index (χ1v) is 10.9. The van der Waals surface area contributed by atoms with Gasteiger partial charge in [-0.25, -0.2) is 4.98 Å². The Morgan fingerprint density at radius 1 is 1.15 bits per heavy atom. The molecule has 0 aliphatic carbocycles. The van der Waals surface area contributed by atoms with Crippen LogP contribution in [-0.2, 0) is 17.9 Å². The monoisotopic (exact) mass is 477 g/mol. The summed E-state index contributed by atoms with van der Waals surface area (Å²) >= 11 is 1.52. The largest absolute Gasteiger partial charge is 0.487 e. The van der Waals surface area contributed by atoms with Gasteiger partial charge in [-0.05, 0) is 49.7 Å². The zero-order chi connectivity index (χ0) is 24.0. The molecular formula is C23H22F3N3O3S. The van der Waals surface area contributed by atoms with Gasteiger partial charge in [0.2, 0.25) is 0 Å². The number of nitrogens with zero attached hydrogens (tertiary/aromatic N) is 2. The molecule has 0 fully saturated rings. The fraction of sp³-hybridized carbons (Fsp3) is 0.261. The van der Waals surface area contributed by atoms with Gasteiger partial charge in [-0.1, -0.05) is 18.2 Å². The molecule has 2 amide bonds. The third-order valence-corrected chi connectivity index (χ3v) is 5.44. The lowest BCUT2D eigenvalue weighted by Crippen LogP contribution is -2.40. The summed E-state index contributed by atoms with van der Waals surface area (Å²) in [6.45, 7) is 3.34. The van der Waals surface area contributed by atoms with Gasteiger partial charge in [0.05, 0.1) is 10.7 Å². The number of anilines is 1. The second-order valence-corrected chi connectivity index (χ2v) is 8.21. The fourth-order valence-corrected chi connectivity index (χ4v) is 3.63. The van der Waals surface area contributed by atoms with Crippen LogP contribution in [0.2, 0.25) is 0 Å². The number of hydrogen-bond acceptors (Lipinski definition) is 5. The number of alkyl halides is 3. The maximum Gasteiger partial charge on any atom is 0.471 e. The SMILES string of the molecule is CCN(Cc1cccc(NC(=O)c2cccc(OCc3csc(C)n3)c2)c1)C(=O)C(F)(F)F. The molecule has 2 aromatic carbocycles. The number of carbonyl (C=O) groups excluding carboxylic acids is 2. The van der Waals surface area contributed by atoms with E-state index in [1.807, 2.05) is 12.3 Å². The minimum absolute atomic E-state index is 0.0950. The Morgan fingerprint density at radius 2 is 1.91 bits per heavy atom. The lowest BCUT2D eigenvalue weighted by molar-refractivity contribution is -0.185. The van der Waals surface area contributed by atoms with Crippen molar-refractivity contribution in [3.05, 3.63) is 75.7 Å². The summed E-state index contributed by atoms with van der Waals surface area (Å²) in [6.07, 6.45) is -4.94. The third-order valence-electron chi connectivity index (χ3n) is 4.62. The predicted molar refractivity (Wildman–Crippen MR) is 119 cm³/mol. The molecular weight excluding hydrogens is 455 g/mol. The van der Waals surface area contributed by atoms with Gasteiger partial charge in [0.15, 0.2) is 0 Å². The maximum absolute atomic E-state index is 12.8. The van der Waals surface area contributed by atoms with Gasteiger partial charge in [-0.3, -0.25) is 9.59 Å². The van der Waals surface area contributed by atoms with E-state index in [0.29, 0.717) is 27.5 Å². The molecule has 0 saturated heterocycles. The molecule has 10 heteroatoms. The van der Waals surface area contributed by atoms with Crippen LogP contribution < -0.4 is 10.1 Å². The molecule has 3 aromatic rings. The Kier molecular flexibility index (Phi) is 7.70. The molecule has 0 bridgehead atoms. The number of aromatic nitrogens is 1. The molecule has 0 radical (unpaired) electrons. The fourth-order valence-electron chi connectivity index (χ4n) is 3.04. The molecule has 1 N–H and O–H groups in total. The van der Waals surface area contributed by atoms with Crippen LogP contribution in [0.25, 0.3) is 0 Å². The molecule has 1 aromatic heterocycles. The number of rotatable bonds is 8. The Labute approximate surface area is 193 Å². The highest BCUT2D eigenvalue weighted by atomic mass is 32.1. The first-order chi connectivity index (χ1) is 15.7. The van der Waals surface area contributed by atoms with Crippen molar-refractivity contribution in [2.45, 2.75) is 33.2 Å². The van der Waals surface area contributed by atoms with Crippen molar-refractivity contribution < 1.29 is 27.5 Å². The minimum Gasteiger partial charge on any atom is -0.487 e. The molecule has 0 aliphatic heterocycles. The first kappa shape index (κ1) is 24.2. The highest BCUT2D eigenvalue weighted by molar-refractivity contribution is 7.09. The summed E-state index contributed by atoms with van der Waals surface area (Å²) in [7, 11) is 0. The van der Waals surface area contributed by atoms with Gasteiger partial charge in [0.1, 0.15) is 12.4 Å². The zero-order valence-corrected chi connectivity index (χ0v) is 18.8. The molecule has 0 atom stereocenters. The Morgan fingerprint density at radius 3 is 2.58 bits per heavy atom. The van der Waals surface area contributed by atoms with E-state index in [2.05, 4.69) is 10.3 Å². The molecule has 0 unspecified atom stereocenters. The van der Waals surface area contributed by atoms with E-state index in [-0.39, 0.29) is 19.7 Å². The van der Waals surface area contributed by atoms with Crippen molar-refractivity contribution in [3.8, 4) is 5.75 Å². The minimum atomic E-state index is -4.94. The summed E-state index contributed by atoms with van der Waals surface area (Å²) in [5.41, 5.74) is 2.02. The van der Waals surface area contributed by atoms with E-state index in [9.17, 15) is 22.8 Å². The van der Waals surface area contributed by atoms with Crippen molar-refractivity contribution in [2.75, 3.05) is 11.9 Å². The van der Waals surface area contributed by atoms with Gasteiger partial charge in [-0.2, -0.15) is 13.2 Å². The lowest BCUT2D eigenvalue weighted by atomic mass is 10.1. The van der Waals surface area contributed by atoms with Crippen molar-refractivity contribution >= 4 is 28.8 Å². The van der Waals surface area contributed by atoms with E-state index in [1.165, 1.54) is 24.3 Å². The standard InChI is InChI=1S/C23H22F3N3O3S/c1-3-29(22(31)23(24,25)26)12-16-6-4-8-18(10-16)28-21(30)17-7-5-9-20(11-17)32-13-19-14-33-15(2)27-19/h4-11,14H,3,12-13H2,1-2H3,(H,28,30). The average molecular weight is 478 g/mol. The van der Waals surface area contributed by atoms with Crippen LogP contribution in [-0.4, -0.2) is 34.4 Å². The quantitative estimate of drug-likeness (QED) is 0.485. The molecule has 0 saturated carbocycles. The van der Waals surface area contributed by atoms with Crippen LogP contribution in [0, 0.1) is 6.92 Å². The van der Waals surface area contributed by atoms with E-state index >= 15 is 0 Å². The summed E-state index contributed by atoms with van der Waals surface area (Å²) in [5.74, 6) is -1.80. The molecule has 3 rings (SSSR count). The number of benzene rings is 2. The summed E-state index contributed by atoms with van der Waals surface area (Å²) < 4.78 is 44.0. The van der Waals surface area contributed by atoms with Gasteiger partial charge in [0.25, 0.3) is 5.91 Å². The topological polar surface area (TPSA) is 71.5 Å². The molecule has 33 heavy (non-hydrogen) atoms. The van der Waals surface area contributed by atoms with Gasteiger partial charge < -0.3 is 15.0 Å². The van der Waals surface area contributed by atoms with Crippen molar-refractivity contribution in [1.29, 1.82) is 0 Å². The van der Waals surface area contributed by atoms with Crippen LogP contribution in [0.4, 0.5) is 18.9 Å². The first-order valence-electron chi connectivity index (χ1n) is 10.1. The van der Waals surface area contributed by atoms with E-state index < -0.39 is 18.0 Å². The number of halogens is 3. The second-order valence-electron chi connectivity index (χ2n) is 7.15. The number of ether oxygens (including phenoxy) is 1. The Hall–Kier alpha value is -3.40. The van der Waals surface area contributed by atoms with Crippen molar-refractivity contribution in [1.82, 2.24) is 9.88 Å². The molecule has 1 heterocycles. The normalized spacial score (nSPS) is 11.2. The lowest BCUT2D eigenvalue weighted by Gasteiger charge is -2.22. The summed E-state index contributed by atoms with van der Waals surface area (Å²) in [5, 5.41) is 5.57. The zero-order valence-electron chi connectivity index (χ0n) is 18.0. The third kappa shape index (κ3) is 6.79. The summed E-state index contributed by atoms with van der Waals surface area (Å²) in [4.78, 5) is 29.2. The number of thiazole rings is 1. The predicted octanol–water partition coefficient (Wildman–Crippen LogP) is 5.19. The Balaban J connectivity index is 1.65. The second kappa shape index (κ2) is 10.5. The highest BCUT2D eigenvalue weighted by Crippen LogP contribution is 2.22. The molecule has 0 spiro atoms. The number of aryl methyl sites for hydroxylation is 1. The number of hydrogen-bond donors (Lipinski definition) is 1. The van der Waals surface area contributed by atoms with Crippen molar-refractivity contribution in [3.63, 3.8) is 0 Å². The highest BCUT2D eigenvalue weighted by Gasteiger charge is 2.41. The van der Waals surface area contributed by atoms with Crippen LogP contribution in [0.1, 0.15) is 33.5 Å². The van der Waals surface area contributed by atoms with Crippen LogP contribution >= 0.6 is 11.3 Å². The maximum atomic E-state index is 12.8. The van der Waals surface area contributed by atoms with Gasteiger partial charge in [-0.15, -0.1) is 11.3 Å². The molecule has 0 aliphatic rings. The number of carbonyl (C=O) groups is 2. The molecule has 6 nitrogen and oxygen atoms in total. The molecule has 174 valence electrons. The van der Waals surface area contributed by atoms with Gasteiger partial charge in [0, 0.05) is 29.7 Å². The van der Waals surface area contributed by atoms with E-state index in [1.54, 1.807) is 42.5 Å². The average Bonchev–Trinajstić information content (AvgIpc) is 3.20. The van der Waals surface area contributed by atoms with Crippen LogP contribution in [0.15, 0.2) is 53.9 Å². The smallest absolute Gasteiger partial charge is 0.471 e. The Bertz CT molecular complexity index is 1130. The van der Waals surface area contributed by atoms with Gasteiger partial charge >= 0.3 is 12.1 Å². The van der Waals surface area contributed by atoms with Crippen molar-refractivity contribution in [2.24, 2.45) is 0 Å². The number of nitrogens with one attached hydrogen (secondary N) is 1. The number of amides is 2.